The van der Waals surface area contributed by atoms with Crippen molar-refractivity contribution in [1.29, 1.82) is 0 Å². The number of aliphatic hydroxyl groups is 1. The molecule has 5 heteroatoms. The minimum Gasteiger partial charge on any atom is -0.490 e. The predicted molar refractivity (Wildman–Crippen MR) is 79.3 cm³/mol. The highest BCUT2D eigenvalue weighted by Gasteiger charge is 2.46. The molecule has 0 amide bonds. The van der Waals surface area contributed by atoms with Gasteiger partial charge in [0.1, 0.15) is 17.4 Å². The van der Waals surface area contributed by atoms with Crippen molar-refractivity contribution in [3.63, 3.8) is 0 Å². The van der Waals surface area contributed by atoms with Gasteiger partial charge in [-0.25, -0.2) is 0 Å². The predicted octanol–water partition coefficient (Wildman–Crippen LogP) is 1.28. The molecule has 0 radical (unpaired) electrons. The van der Waals surface area contributed by atoms with Gasteiger partial charge in [-0.1, -0.05) is 18.2 Å². The van der Waals surface area contributed by atoms with Crippen molar-refractivity contribution >= 4 is 5.97 Å². The van der Waals surface area contributed by atoms with Gasteiger partial charge in [-0.05, 0) is 37.9 Å². The summed E-state index contributed by atoms with van der Waals surface area (Å²) < 4.78 is 11.0. The highest BCUT2D eigenvalue weighted by Crippen LogP contribution is 2.34. The number of hydrogen-bond acceptors (Lipinski definition) is 5. The number of carbonyl (C=O) groups excluding carboxylic acids is 1. The van der Waals surface area contributed by atoms with Crippen molar-refractivity contribution in [3.05, 3.63) is 29.8 Å². The van der Waals surface area contributed by atoms with Gasteiger partial charge in [0.05, 0.1) is 7.11 Å². The van der Waals surface area contributed by atoms with E-state index >= 15 is 0 Å². The van der Waals surface area contributed by atoms with Crippen molar-refractivity contribution in [2.45, 2.75) is 37.3 Å². The summed E-state index contributed by atoms with van der Waals surface area (Å²) in [6.07, 6.45) is 2.61. The zero-order valence-electron chi connectivity index (χ0n) is 12.6. The lowest BCUT2D eigenvalue weighted by Crippen LogP contribution is -2.49. The first-order chi connectivity index (χ1) is 10.1. The Morgan fingerprint density at radius 2 is 2.24 bits per heavy atom. The van der Waals surface area contributed by atoms with Gasteiger partial charge in [-0.15, -0.1) is 0 Å². The van der Waals surface area contributed by atoms with E-state index < -0.39 is 5.54 Å². The van der Waals surface area contributed by atoms with E-state index in [0.717, 1.165) is 17.7 Å². The third-order valence-corrected chi connectivity index (χ3v) is 4.17. The third-order valence-electron chi connectivity index (χ3n) is 4.17. The van der Waals surface area contributed by atoms with Gasteiger partial charge in [-0.2, -0.15) is 0 Å². The summed E-state index contributed by atoms with van der Waals surface area (Å²) in [6.45, 7) is 0.0909. The van der Waals surface area contributed by atoms with Crippen LogP contribution in [0.25, 0.3) is 0 Å². The maximum absolute atomic E-state index is 12.0. The highest BCUT2D eigenvalue weighted by molar-refractivity contribution is 5.81. The maximum Gasteiger partial charge on any atom is 0.326 e. The molecule has 0 aliphatic heterocycles. The van der Waals surface area contributed by atoms with E-state index in [1.807, 2.05) is 24.3 Å². The second-order valence-electron chi connectivity index (χ2n) is 5.39. The summed E-state index contributed by atoms with van der Waals surface area (Å²) in [7, 11) is 3.19. The molecule has 21 heavy (non-hydrogen) atoms. The summed E-state index contributed by atoms with van der Waals surface area (Å²) in [5.41, 5.74) is 0.339. The second kappa shape index (κ2) is 6.91. The molecule has 0 spiro atoms. The largest absolute Gasteiger partial charge is 0.490 e. The first-order valence-electron chi connectivity index (χ1n) is 7.28. The van der Waals surface area contributed by atoms with Gasteiger partial charge >= 0.3 is 5.97 Å². The number of carbonyl (C=O) groups is 1. The van der Waals surface area contributed by atoms with Crippen molar-refractivity contribution in [2.24, 2.45) is 0 Å². The van der Waals surface area contributed by atoms with Crippen molar-refractivity contribution in [1.82, 2.24) is 5.32 Å². The molecule has 2 rings (SSSR count). The van der Waals surface area contributed by atoms with E-state index in [1.54, 1.807) is 7.05 Å². The minimum atomic E-state index is -0.647. The molecule has 0 aromatic heterocycles. The lowest BCUT2D eigenvalue weighted by atomic mass is 9.98. The Morgan fingerprint density at radius 3 is 2.90 bits per heavy atom. The maximum atomic E-state index is 12.0. The van der Waals surface area contributed by atoms with E-state index in [9.17, 15) is 4.79 Å². The van der Waals surface area contributed by atoms with Crippen LogP contribution in [0.15, 0.2) is 24.3 Å². The Morgan fingerprint density at radius 1 is 1.48 bits per heavy atom. The fourth-order valence-corrected chi connectivity index (χ4v) is 2.94. The number of benzene rings is 1. The molecule has 0 bridgehead atoms. The summed E-state index contributed by atoms with van der Waals surface area (Å²) in [5, 5.41) is 12.2. The van der Waals surface area contributed by atoms with Gasteiger partial charge in [0.15, 0.2) is 0 Å². The molecule has 1 aromatic rings. The van der Waals surface area contributed by atoms with Crippen molar-refractivity contribution in [2.75, 3.05) is 20.8 Å². The Hall–Kier alpha value is -1.59. The van der Waals surface area contributed by atoms with Crippen LogP contribution in [0.3, 0.4) is 0 Å². The van der Waals surface area contributed by atoms with E-state index in [1.165, 1.54) is 7.11 Å². The standard InChI is InChI=1S/C16H23NO4/c1-17-16(15(19)20-2)9-7-13(11-16)21-14-6-4-3-5-12(14)8-10-18/h3-6,13,17-18H,7-11H2,1-2H3. The van der Waals surface area contributed by atoms with E-state index in [0.29, 0.717) is 19.3 Å². The smallest absolute Gasteiger partial charge is 0.326 e. The second-order valence-corrected chi connectivity index (χ2v) is 5.39. The van der Waals surface area contributed by atoms with Crippen LogP contribution in [-0.4, -0.2) is 43.5 Å². The molecule has 0 heterocycles. The highest BCUT2D eigenvalue weighted by atomic mass is 16.5. The van der Waals surface area contributed by atoms with Crippen LogP contribution in [0, 0.1) is 0 Å². The Kier molecular flexibility index (Phi) is 5.20. The molecule has 2 N–H and O–H groups in total. The summed E-state index contributed by atoms with van der Waals surface area (Å²) in [4.78, 5) is 12.0. The van der Waals surface area contributed by atoms with Crippen LogP contribution in [0.4, 0.5) is 0 Å². The summed E-state index contributed by atoms with van der Waals surface area (Å²) in [6, 6.07) is 7.70. The molecule has 1 saturated carbocycles. The summed E-state index contributed by atoms with van der Waals surface area (Å²) in [5.74, 6) is 0.549. The molecule has 1 aromatic carbocycles. The molecule has 1 aliphatic rings. The topological polar surface area (TPSA) is 67.8 Å². The first kappa shape index (κ1) is 15.8. The average Bonchev–Trinajstić information content (AvgIpc) is 2.93. The summed E-state index contributed by atoms with van der Waals surface area (Å²) >= 11 is 0. The first-order valence-corrected chi connectivity index (χ1v) is 7.28. The van der Waals surface area contributed by atoms with Crippen molar-refractivity contribution < 1.29 is 19.4 Å². The minimum absolute atomic E-state index is 0.0311. The van der Waals surface area contributed by atoms with Crippen LogP contribution in [0.1, 0.15) is 24.8 Å². The average molecular weight is 293 g/mol. The molecule has 5 nitrogen and oxygen atoms in total. The van der Waals surface area contributed by atoms with E-state index in [-0.39, 0.29) is 18.7 Å². The zero-order valence-corrected chi connectivity index (χ0v) is 12.6. The fraction of sp³-hybridized carbons (Fsp3) is 0.562. The zero-order chi connectivity index (χ0) is 15.3. The number of nitrogens with one attached hydrogen (secondary N) is 1. The number of esters is 1. The number of ether oxygens (including phenoxy) is 2. The molecule has 1 aliphatic carbocycles. The number of para-hydroxylation sites is 1. The van der Waals surface area contributed by atoms with Crippen molar-refractivity contribution in [3.8, 4) is 5.75 Å². The van der Waals surface area contributed by atoms with Gasteiger partial charge in [-0.3, -0.25) is 4.79 Å². The molecular formula is C16H23NO4. The monoisotopic (exact) mass is 293 g/mol. The van der Waals surface area contributed by atoms with Crippen LogP contribution in [0.5, 0.6) is 5.75 Å². The van der Waals surface area contributed by atoms with E-state index in [2.05, 4.69) is 5.32 Å². The number of rotatable bonds is 6. The SMILES string of the molecule is CNC1(C(=O)OC)CCC(Oc2ccccc2CCO)C1. The third kappa shape index (κ3) is 3.36. The Balaban J connectivity index is 2.07. The number of hydrogen-bond donors (Lipinski definition) is 2. The van der Waals surface area contributed by atoms with Crippen LogP contribution >= 0.6 is 0 Å². The fourth-order valence-electron chi connectivity index (χ4n) is 2.94. The quantitative estimate of drug-likeness (QED) is 0.774. The number of methoxy groups -OCH3 is 1. The van der Waals surface area contributed by atoms with Crippen LogP contribution in [-0.2, 0) is 16.0 Å². The molecule has 2 atom stereocenters. The number of likely N-dealkylation sites (N-methyl/N-ethyl adjacent to an activating group) is 1. The van der Waals surface area contributed by atoms with Gasteiger partial charge in [0, 0.05) is 13.0 Å². The van der Waals surface area contributed by atoms with Gasteiger partial charge < -0.3 is 19.9 Å². The molecule has 2 unspecified atom stereocenters. The van der Waals surface area contributed by atoms with Gasteiger partial charge in [0.25, 0.3) is 0 Å². The Labute approximate surface area is 125 Å². The normalized spacial score (nSPS) is 24.8. The lowest BCUT2D eigenvalue weighted by molar-refractivity contribution is -0.148. The molecule has 1 fully saturated rings. The number of aliphatic hydroxyl groups excluding tert-OH is 1. The van der Waals surface area contributed by atoms with Crippen LogP contribution in [0.2, 0.25) is 0 Å². The lowest BCUT2D eigenvalue weighted by Gasteiger charge is -2.25. The molecule has 116 valence electrons. The molecule has 0 saturated heterocycles. The van der Waals surface area contributed by atoms with Crippen LogP contribution < -0.4 is 10.1 Å². The van der Waals surface area contributed by atoms with Gasteiger partial charge in [0.2, 0.25) is 0 Å². The Bertz CT molecular complexity index is 491. The molecular weight excluding hydrogens is 270 g/mol. The van der Waals surface area contributed by atoms with E-state index in [4.69, 9.17) is 14.6 Å².